The van der Waals surface area contributed by atoms with Crippen LogP contribution in [0.1, 0.15) is 101 Å². The number of nitrogens with zero attached hydrogens (tertiary/aromatic N) is 4. The van der Waals surface area contributed by atoms with E-state index in [1.165, 1.54) is 24.0 Å². The zero-order valence-electron chi connectivity index (χ0n) is 44.4. The number of benzene rings is 2. The highest BCUT2D eigenvalue weighted by Gasteiger charge is 2.48. The first-order valence-electron chi connectivity index (χ1n) is 26.5. The average molecular weight is 1120 g/mol. The van der Waals surface area contributed by atoms with Crippen LogP contribution >= 0.6 is 11.6 Å². The Labute approximate surface area is 461 Å². The van der Waals surface area contributed by atoms with E-state index in [4.69, 9.17) is 16.3 Å². The molecule has 0 radical (unpaired) electrons. The molecule has 4 fully saturated rings. The van der Waals surface area contributed by atoms with Crippen LogP contribution in [0, 0.1) is 34.1 Å². The third-order valence-corrected chi connectivity index (χ3v) is 15.8. The van der Waals surface area contributed by atoms with Crippen LogP contribution in [0.5, 0.6) is 0 Å². The van der Waals surface area contributed by atoms with Gasteiger partial charge in [0, 0.05) is 31.0 Å². The van der Waals surface area contributed by atoms with Crippen molar-refractivity contribution in [1.82, 2.24) is 52.0 Å². The van der Waals surface area contributed by atoms with Gasteiger partial charge in [0.2, 0.25) is 35.4 Å². The van der Waals surface area contributed by atoms with Crippen LogP contribution in [-0.4, -0.2) is 150 Å². The fraction of sp³-hybridized carbons (Fsp3) is 0.519. The second-order valence-electron chi connectivity index (χ2n) is 21.1. The average Bonchev–Trinajstić information content (AvgIpc) is 4.35. The molecule has 79 heavy (non-hydrogen) atoms. The lowest BCUT2D eigenvalue weighted by Crippen LogP contribution is -2.62. The van der Waals surface area contributed by atoms with Gasteiger partial charge in [-0.25, -0.2) is 4.79 Å². The molecule has 428 valence electrons. The van der Waals surface area contributed by atoms with E-state index >= 15 is 14.4 Å². The zero-order chi connectivity index (χ0) is 57.4. The number of cyclic esters (lactones) is 1. The Hall–Kier alpha value is -6.93. The number of hydrogen-bond acceptors (Lipinski definition) is 16. The molecule has 3 aromatic rings. The molecule has 15 unspecified atom stereocenters. The number of fused-ring (bicyclic) bond motifs is 1. The maximum atomic E-state index is 15.2. The number of esters is 1. The van der Waals surface area contributed by atoms with Crippen molar-refractivity contribution in [3.8, 4) is 0 Å². The number of hydroxylamine groups is 4. The molecule has 24 nitrogen and oxygen atoms in total. The number of hydrogen-bond donors (Lipinski definition) is 9. The summed E-state index contributed by atoms with van der Waals surface area (Å²) in [5, 5.41) is 69.3. The topological polar surface area (TPSA) is 339 Å². The van der Waals surface area contributed by atoms with Crippen LogP contribution in [0.2, 0.25) is 5.15 Å². The smallest absolute Gasteiger partial charge is 0.329 e. The van der Waals surface area contributed by atoms with Gasteiger partial charge in [0.25, 0.3) is 5.91 Å². The fourth-order valence-electron chi connectivity index (χ4n) is 10.4. The van der Waals surface area contributed by atoms with E-state index < -0.39 is 137 Å². The lowest BCUT2D eigenvalue weighted by Gasteiger charge is -2.33. The Morgan fingerprint density at radius 2 is 1.43 bits per heavy atom. The molecule has 2 aromatic carbocycles. The second kappa shape index (κ2) is 26.4. The number of rotatable bonds is 17. The van der Waals surface area contributed by atoms with Crippen LogP contribution in [0.25, 0.3) is 0 Å². The van der Waals surface area contributed by atoms with Gasteiger partial charge >= 0.3 is 5.97 Å². The van der Waals surface area contributed by atoms with Gasteiger partial charge in [-0.1, -0.05) is 112 Å². The van der Waals surface area contributed by atoms with Gasteiger partial charge in [0.1, 0.15) is 59.2 Å². The largest absolute Gasteiger partial charge is 0.762 e. The molecule has 25 heteroatoms. The molecule has 4 aliphatic rings. The predicted octanol–water partition coefficient (Wildman–Crippen LogP) is 2.67. The summed E-state index contributed by atoms with van der Waals surface area (Å²) in [5.74, 6) is -10.5. The van der Waals surface area contributed by atoms with E-state index in [1.807, 2.05) is 13.0 Å². The lowest BCUT2D eigenvalue weighted by atomic mass is 9.91. The molecule has 3 heterocycles. The first-order valence-corrected chi connectivity index (χ1v) is 26.9. The quantitative estimate of drug-likeness (QED) is 0.0406. The molecule has 2 saturated carbocycles. The summed E-state index contributed by atoms with van der Waals surface area (Å²) in [6.45, 7) is 8.24. The van der Waals surface area contributed by atoms with Gasteiger partial charge in [-0.05, 0) is 92.9 Å². The molecule has 2 aliphatic carbocycles. The van der Waals surface area contributed by atoms with E-state index in [2.05, 4.69) is 31.9 Å². The Balaban J connectivity index is 1.32. The molecule has 7 amide bonds. The highest BCUT2D eigenvalue weighted by molar-refractivity contribution is 6.30. The van der Waals surface area contributed by atoms with Crippen LogP contribution in [-0.2, 0) is 44.7 Å². The summed E-state index contributed by atoms with van der Waals surface area (Å²) in [6, 6.07) is 7.19. The van der Waals surface area contributed by atoms with E-state index in [1.54, 1.807) is 87.5 Å². The monoisotopic (exact) mass is 1120 g/mol. The maximum Gasteiger partial charge on any atom is 0.329 e. The van der Waals surface area contributed by atoms with Gasteiger partial charge in [-0.2, -0.15) is 4.73 Å². The van der Waals surface area contributed by atoms with E-state index in [0.29, 0.717) is 22.3 Å². The standard InChI is InChI=1S/C54H69ClN10O14/c1-6-14-32-22-42-54(73)79-30(5)46(61-49(68)38(24-35-26-41(35)65(77)78)57-50(69)39-19-20-43(55)63(39)74)52(71)60-45(29(4)33-17-12-9-13-18-33)51(70)58-37(23-34-25-40(34)64(75)76)47(66)56-36(21-31-15-10-8-11-16-31)48(67)59-44(28(3)7-2)53(72)62(42)27-32/h6,8-20,28-30,32,34-38,40-42,44-46,74-75,77H,7,21-27H2,1-5H3,(H,56,66)(H,57,69)(H,58,70)(H,59,67)(H,60,71)(H,61,68)/q-2. The number of amides is 7. The molecule has 2 aliphatic heterocycles. The number of carbonyl (C=O) groups is 8. The van der Waals surface area contributed by atoms with E-state index in [0.717, 1.165) is 0 Å². The summed E-state index contributed by atoms with van der Waals surface area (Å²) in [6.07, 6.45) is 2.06. The number of halogens is 1. The normalized spacial score (nSPS) is 29.2. The van der Waals surface area contributed by atoms with Crippen molar-refractivity contribution in [3.63, 3.8) is 0 Å². The summed E-state index contributed by atoms with van der Waals surface area (Å²) in [5.41, 5.74) is 0.758. The maximum absolute atomic E-state index is 15.2. The molecular formula is C54H69ClN10O14-2. The highest BCUT2D eigenvalue weighted by Crippen LogP contribution is 2.39. The third kappa shape index (κ3) is 14.9. The summed E-state index contributed by atoms with van der Waals surface area (Å²) < 4.78 is 6.44. The van der Waals surface area contributed by atoms with Crippen molar-refractivity contribution in [2.24, 2.45) is 23.7 Å². The Kier molecular flexibility index (Phi) is 19.9. The van der Waals surface area contributed by atoms with E-state index in [9.17, 15) is 50.0 Å². The SMILES string of the molecule is CC=CC1CC2C(=O)OC(C)C(NC(=O)C(CC3CC3N([O-])O)NC(=O)c3ccc(Cl)n3O)C(=O)NC(C(C)c3ccccc3)C(=O)NC(CC3CC3N([O-])O)C(=O)NC(Cc3ccccc3)C(=O)NC(C(C)CC)C(=O)N2C1. The minimum atomic E-state index is -1.90. The zero-order valence-corrected chi connectivity index (χ0v) is 45.2. The minimum absolute atomic E-state index is 0.0108. The number of nitrogens with one attached hydrogen (secondary N) is 6. The molecule has 2 saturated heterocycles. The van der Waals surface area contributed by atoms with Gasteiger partial charge < -0.3 is 67.6 Å². The minimum Gasteiger partial charge on any atom is -0.762 e. The van der Waals surface area contributed by atoms with Gasteiger partial charge in [-0.3, -0.25) is 44.0 Å². The molecule has 1 aromatic heterocycles. The Morgan fingerprint density at radius 3 is 2.03 bits per heavy atom. The Bertz CT molecular complexity index is 2710. The van der Waals surface area contributed by atoms with Gasteiger partial charge in [0.05, 0.1) is 0 Å². The molecular weight excluding hydrogens is 1050 g/mol. The van der Waals surface area contributed by atoms with Gasteiger partial charge in [-0.15, -0.1) is 0 Å². The fourth-order valence-corrected chi connectivity index (χ4v) is 10.6. The van der Waals surface area contributed by atoms with Crippen molar-refractivity contribution in [2.45, 2.75) is 146 Å². The van der Waals surface area contributed by atoms with Crippen molar-refractivity contribution in [2.75, 3.05) is 6.54 Å². The van der Waals surface area contributed by atoms with Crippen molar-refractivity contribution in [1.29, 1.82) is 0 Å². The molecule has 9 N–H and O–H groups in total. The van der Waals surface area contributed by atoms with Crippen molar-refractivity contribution in [3.05, 3.63) is 117 Å². The molecule has 7 rings (SSSR count). The van der Waals surface area contributed by atoms with Crippen LogP contribution in [0.4, 0.5) is 0 Å². The first-order chi connectivity index (χ1) is 37.6. The third-order valence-electron chi connectivity index (χ3n) is 15.5. The van der Waals surface area contributed by atoms with Crippen LogP contribution < -0.4 is 31.9 Å². The Morgan fingerprint density at radius 1 is 0.823 bits per heavy atom. The van der Waals surface area contributed by atoms with Crippen molar-refractivity contribution >= 4 is 58.9 Å². The second-order valence-corrected chi connectivity index (χ2v) is 21.5. The number of allylic oxidation sites excluding steroid dienone is 1. The summed E-state index contributed by atoms with van der Waals surface area (Å²) >= 11 is 5.99. The molecule has 15 atom stereocenters. The van der Waals surface area contributed by atoms with E-state index in [-0.39, 0.29) is 66.6 Å². The number of ether oxygens (including phenoxy) is 1. The highest BCUT2D eigenvalue weighted by atomic mass is 35.5. The van der Waals surface area contributed by atoms with Crippen LogP contribution in [0.3, 0.4) is 0 Å². The summed E-state index contributed by atoms with van der Waals surface area (Å²) in [4.78, 5) is 119. The van der Waals surface area contributed by atoms with Crippen molar-refractivity contribution < 1.29 is 58.7 Å². The first kappa shape index (κ1) is 59.7. The summed E-state index contributed by atoms with van der Waals surface area (Å²) in [7, 11) is 0. The molecule has 0 bridgehead atoms. The van der Waals surface area contributed by atoms with Crippen LogP contribution in [0.15, 0.2) is 84.9 Å². The number of aromatic nitrogens is 1. The van der Waals surface area contributed by atoms with Gasteiger partial charge in [0.15, 0.2) is 0 Å². The predicted molar refractivity (Wildman–Crippen MR) is 283 cm³/mol. The number of carbonyl (C=O) groups excluding carboxylic acids is 8. The molecule has 0 spiro atoms. The lowest BCUT2D eigenvalue weighted by molar-refractivity contribution is -0.161.